The maximum Gasteiger partial charge on any atom is 0.191 e. The van der Waals surface area contributed by atoms with Crippen LogP contribution in [0.1, 0.15) is 25.5 Å². The van der Waals surface area contributed by atoms with Gasteiger partial charge in [0.05, 0.1) is 18.3 Å². The minimum absolute atomic E-state index is 0. The van der Waals surface area contributed by atoms with Crippen LogP contribution in [0.15, 0.2) is 35.6 Å². The molecule has 3 rings (SSSR count). The van der Waals surface area contributed by atoms with Crippen LogP contribution in [0.2, 0.25) is 0 Å². The smallest absolute Gasteiger partial charge is 0.191 e. The van der Waals surface area contributed by atoms with Crippen LogP contribution >= 0.6 is 24.0 Å². The molecule has 2 aromatic heterocycles. The zero-order valence-electron chi connectivity index (χ0n) is 14.1. The normalized spacial score (nSPS) is 17.7. The summed E-state index contributed by atoms with van der Waals surface area (Å²) < 4.78 is 7.66. The summed E-state index contributed by atoms with van der Waals surface area (Å²) in [6.07, 6.45) is 7.51. The Bertz CT molecular complexity index is 618. The van der Waals surface area contributed by atoms with E-state index in [1.54, 1.807) is 0 Å². The predicted octanol–water partition coefficient (Wildman–Crippen LogP) is 2.23. The van der Waals surface area contributed by atoms with Gasteiger partial charge in [0.2, 0.25) is 0 Å². The lowest BCUT2D eigenvalue weighted by Gasteiger charge is -2.12. The summed E-state index contributed by atoms with van der Waals surface area (Å²) in [6, 6.07) is 6.03. The van der Waals surface area contributed by atoms with Gasteiger partial charge in [-0.25, -0.2) is 4.98 Å². The molecule has 0 saturated carbocycles. The van der Waals surface area contributed by atoms with E-state index in [1.165, 1.54) is 0 Å². The topological polar surface area (TPSA) is 63.0 Å². The van der Waals surface area contributed by atoms with Crippen molar-refractivity contribution in [2.45, 2.75) is 32.3 Å². The fourth-order valence-corrected chi connectivity index (χ4v) is 2.74. The standard InChI is InChI=1S/C17H25N5O.HI/c1-2-18-17(20-12-15-6-5-11-23-15)19-9-8-14-13-22-10-4-3-7-16(22)21-14;/h3-4,7,10,13,15H,2,5-6,8-9,11-12H2,1H3,(H2,18,19,20);1H. The first kappa shape index (κ1) is 19.0. The Morgan fingerprint density at radius 2 is 2.33 bits per heavy atom. The Kier molecular flexibility index (Phi) is 7.77. The monoisotopic (exact) mass is 443 g/mol. The fourth-order valence-electron chi connectivity index (χ4n) is 2.74. The van der Waals surface area contributed by atoms with Crippen molar-refractivity contribution in [2.75, 3.05) is 26.2 Å². The van der Waals surface area contributed by atoms with Gasteiger partial charge >= 0.3 is 0 Å². The Labute approximate surface area is 160 Å². The van der Waals surface area contributed by atoms with Gasteiger partial charge in [-0.3, -0.25) is 4.99 Å². The quantitative estimate of drug-likeness (QED) is 0.409. The number of halogens is 1. The van der Waals surface area contributed by atoms with Crippen molar-refractivity contribution in [1.29, 1.82) is 0 Å². The number of ether oxygens (including phenoxy) is 1. The predicted molar refractivity (Wildman–Crippen MR) is 107 cm³/mol. The van der Waals surface area contributed by atoms with Gasteiger partial charge in [0.25, 0.3) is 0 Å². The van der Waals surface area contributed by atoms with Gasteiger partial charge in [-0.15, -0.1) is 24.0 Å². The average molecular weight is 443 g/mol. The Morgan fingerprint density at radius 1 is 1.42 bits per heavy atom. The average Bonchev–Trinajstić information content (AvgIpc) is 3.21. The molecular formula is C17H26IN5O. The van der Waals surface area contributed by atoms with Crippen molar-refractivity contribution in [2.24, 2.45) is 4.99 Å². The first-order chi connectivity index (χ1) is 11.3. The van der Waals surface area contributed by atoms with E-state index >= 15 is 0 Å². The number of aliphatic imine (C=N–C) groups is 1. The number of rotatable bonds is 6. The summed E-state index contributed by atoms with van der Waals surface area (Å²) in [6.45, 7) is 5.33. The summed E-state index contributed by atoms with van der Waals surface area (Å²) in [5.41, 5.74) is 2.07. The van der Waals surface area contributed by atoms with Crippen LogP contribution in [0.5, 0.6) is 0 Å². The maximum absolute atomic E-state index is 5.61. The first-order valence-corrected chi connectivity index (χ1v) is 8.41. The highest BCUT2D eigenvalue weighted by molar-refractivity contribution is 14.0. The molecule has 1 atom stereocenters. The fraction of sp³-hybridized carbons (Fsp3) is 0.529. The third kappa shape index (κ3) is 5.34. The van der Waals surface area contributed by atoms with Crippen molar-refractivity contribution in [1.82, 2.24) is 20.0 Å². The van der Waals surface area contributed by atoms with Crippen LogP contribution in [0, 0.1) is 0 Å². The van der Waals surface area contributed by atoms with Crippen LogP contribution in [0.4, 0.5) is 0 Å². The van der Waals surface area contributed by atoms with Gasteiger partial charge in [-0.1, -0.05) is 6.07 Å². The van der Waals surface area contributed by atoms with Crippen LogP contribution in [-0.4, -0.2) is 47.7 Å². The van der Waals surface area contributed by atoms with Crippen LogP contribution in [0.3, 0.4) is 0 Å². The summed E-state index contributed by atoms with van der Waals surface area (Å²) in [4.78, 5) is 9.22. The van der Waals surface area contributed by atoms with Crippen molar-refractivity contribution in [3.63, 3.8) is 0 Å². The van der Waals surface area contributed by atoms with Crippen molar-refractivity contribution in [3.8, 4) is 0 Å². The van der Waals surface area contributed by atoms with Crippen LogP contribution in [0.25, 0.3) is 5.65 Å². The van der Waals surface area contributed by atoms with Crippen molar-refractivity contribution < 1.29 is 4.74 Å². The molecule has 132 valence electrons. The Morgan fingerprint density at radius 3 is 3.08 bits per heavy atom. The molecule has 0 amide bonds. The molecule has 7 heteroatoms. The van der Waals surface area contributed by atoms with Crippen molar-refractivity contribution >= 4 is 35.6 Å². The summed E-state index contributed by atoms with van der Waals surface area (Å²) in [5, 5.41) is 6.65. The number of imidazole rings is 1. The highest BCUT2D eigenvalue weighted by atomic mass is 127. The second-order valence-electron chi connectivity index (χ2n) is 5.73. The van der Waals surface area contributed by atoms with Gasteiger partial charge in [0.15, 0.2) is 5.96 Å². The number of pyridine rings is 1. The van der Waals surface area contributed by atoms with Crippen molar-refractivity contribution in [3.05, 3.63) is 36.3 Å². The number of hydrogen-bond acceptors (Lipinski definition) is 3. The first-order valence-electron chi connectivity index (χ1n) is 8.41. The molecule has 2 N–H and O–H groups in total. The number of nitrogens with zero attached hydrogens (tertiary/aromatic N) is 3. The molecule has 0 spiro atoms. The van der Waals surface area contributed by atoms with Gasteiger partial charge in [-0.2, -0.15) is 0 Å². The van der Waals surface area contributed by atoms with Gasteiger partial charge in [-0.05, 0) is 31.9 Å². The molecule has 24 heavy (non-hydrogen) atoms. The third-order valence-electron chi connectivity index (χ3n) is 3.91. The largest absolute Gasteiger partial charge is 0.376 e. The zero-order chi connectivity index (χ0) is 15.9. The number of fused-ring (bicyclic) bond motifs is 1. The van der Waals surface area contributed by atoms with Gasteiger partial charge in [0.1, 0.15) is 5.65 Å². The molecule has 3 heterocycles. The van der Waals surface area contributed by atoms with E-state index in [-0.39, 0.29) is 30.1 Å². The molecule has 0 aliphatic carbocycles. The van der Waals surface area contributed by atoms with E-state index in [4.69, 9.17) is 4.74 Å². The summed E-state index contributed by atoms with van der Waals surface area (Å²) in [7, 11) is 0. The number of nitrogens with one attached hydrogen (secondary N) is 2. The molecule has 1 aliphatic heterocycles. The van der Waals surface area contributed by atoms with E-state index in [9.17, 15) is 0 Å². The molecule has 0 bridgehead atoms. The molecule has 1 aliphatic rings. The molecule has 1 unspecified atom stereocenters. The number of aromatic nitrogens is 2. The summed E-state index contributed by atoms with van der Waals surface area (Å²) >= 11 is 0. The SMILES string of the molecule is CCNC(=NCC1CCCO1)NCCc1cn2ccccc2n1.I. The van der Waals surface area contributed by atoms with E-state index < -0.39 is 0 Å². The molecule has 0 radical (unpaired) electrons. The highest BCUT2D eigenvalue weighted by Gasteiger charge is 2.14. The zero-order valence-corrected chi connectivity index (χ0v) is 16.4. The van der Waals surface area contributed by atoms with E-state index in [1.807, 2.05) is 28.8 Å². The molecule has 1 fully saturated rings. The summed E-state index contributed by atoms with van der Waals surface area (Å²) in [5.74, 6) is 0.853. The lowest BCUT2D eigenvalue weighted by molar-refractivity contribution is 0.117. The lowest BCUT2D eigenvalue weighted by atomic mass is 10.2. The molecule has 0 aromatic carbocycles. The third-order valence-corrected chi connectivity index (χ3v) is 3.91. The highest BCUT2D eigenvalue weighted by Crippen LogP contribution is 2.11. The number of guanidine groups is 1. The van der Waals surface area contributed by atoms with Gasteiger partial charge in [0, 0.05) is 38.5 Å². The maximum atomic E-state index is 5.61. The van der Waals surface area contributed by atoms with Crippen LogP contribution in [-0.2, 0) is 11.2 Å². The lowest BCUT2D eigenvalue weighted by Crippen LogP contribution is -2.39. The minimum atomic E-state index is 0. The van der Waals surface area contributed by atoms with Gasteiger partial charge < -0.3 is 19.8 Å². The van der Waals surface area contributed by atoms with Crippen LogP contribution < -0.4 is 10.6 Å². The second-order valence-corrected chi connectivity index (χ2v) is 5.73. The second kappa shape index (κ2) is 9.83. The molecule has 2 aromatic rings. The Hall–Kier alpha value is -1.35. The molecule has 6 nitrogen and oxygen atoms in total. The molecular weight excluding hydrogens is 417 g/mol. The Balaban J connectivity index is 0.00000208. The van der Waals surface area contributed by atoms with E-state index in [0.717, 1.165) is 62.8 Å². The number of hydrogen-bond donors (Lipinski definition) is 2. The van der Waals surface area contributed by atoms with E-state index in [2.05, 4.69) is 33.7 Å². The minimum Gasteiger partial charge on any atom is -0.376 e. The molecule has 1 saturated heterocycles. The van der Waals surface area contributed by atoms with E-state index in [0.29, 0.717) is 0 Å².